The summed E-state index contributed by atoms with van der Waals surface area (Å²) in [6.07, 6.45) is 3.89. The third-order valence-electron chi connectivity index (χ3n) is 3.76. The van der Waals surface area contributed by atoms with Crippen molar-refractivity contribution in [1.82, 2.24) is 15.8 Å². The monoisotopic (exact) mass is 285 g/mol. The first-order valence-corrected chi connectivity index (χ1v) is 7.32. The van der Waals surface area contributed by atoms with Crippen LogP contribution < -0.4 is 10.8 Å². The average molecular weight is 285 g/mol. The van der Waals surface area contributed by atoms with Gasteiger partial charge in [0.25, 0.3) is 0 Å². The highest BCUT2D eigenvalue weighted by Crippen LogP contribution is 2.13. The molecule has 21 heavy (non-hydrogen) atoms. The molecule has 0 radical (unpaired) electrons. The van der Waals surface area contributed by atoms with Crippen LogP contribution in [-0.4, -0.2) is 30.6 Å². The number of carbonyl (C=O) groups is 1. The molecule has 1 fully saturated rings. The number of fused-ring (bicyclic) bond motifs is 1. The number of rotatable bonds is 4. The van der Waals surface area contributed by atoms with E-state index in [2.05, 4.69) is 15.8 Å². The lowest BCUT2D eigenvalue weighted by molar-refractivity contribution is 0.0214. The highest BCUT2D eigenvalue weighted by Gasteiger charge is 2.14. The van der Waals surface area contributed by atoms with E-state index in [0.717, 1.165) is 30.4 Å². The van der Waals surface area contributed by atoms with Crippen LogP contribution in [0.5, 0.6) is 0 Å². The highest BCUT2D eigenvalue weighted by molar-refractivity contribution is 5.93. The van der Waals surface area contributed by atoms with Crippen LogP contribution in [0.1, 0.15) is 23.2 Å². The quantitative estimate of drug-likeness (QED) is 0.840. The number of carbonyl (C=O) groups excluding carboxylic acids is 1. The molecule has 0 saturated carbocycles. The van der Waals surface area contributed by atoms with E-state index < -0.39 is 5.97 Å². The number of benzene rings is 1. The Morgan fingerprint density at radius 2 is 2.33 bits per heavy atom. The van der Waals surface area contributed by atoms with Crippen LogP contribution in [0.25, 0.3) is 10.9 Å². The normalized spacial score (nSPS) is 18.6. The number of hydrogen-bond acceptors (Lipinski definition) is 5. The SMILES string of the molecule is O=C(ONCC1CCCNC1)c1cnc2ccccc2c1. The molecule has 1 aliphatic heterocycles. The Labute approximate surface area is 123 Å². The molecule has 5 heteroatoms. The number of aromatic nitrogens is 1. The van der Waals surface area contributed by atoms with Gasteiger partial charge in [0.05, 0.1) is 11.1 Å². The molecular formula is C16H19N3O2. The Balaban J connectivity index is 1.56. The summed E-state index contributed by atoms with van der Waals surface area (Å²) >= 11 is 0. The molecule has 3 rings (SSSR count). The number of para-hydroxylation sites is 1. The van der Waals surface area contributed by atoms with Gasteiger partial charge >= 0.3 is 5.97 Å². The fourth-order valence-corrected chi connectivity index (χ4v) is 2.56. The zero-order valence-corrected chi connectivity index (χ0v) is 11.8. The van der Waals surface area contributed by atoms with Crippen molar-refractivity contribution < 1.29 is 9.63 Å². The summed E-state index contributed by atoms with van der Waals surface area (Å²) in [5.41, 5.74) is 4.12. The molecule has 1 atom stereocenters. The zero-order chi connectivity index (χ0) is 14.5. The number of piperidine rings is 1. The van der Waals surface area contributed by atoms with Crippen molar-refractivity contribution in [2.75, 3.05) is 19.6 Å². The predicted molar refractivity (Wildman–Crippen MR) is 80.8 cm³/mol. The lowest BCUT2D eigenvalue weighted by Crippen LogP contribution is -2.36. The first-order valence-electron chi connectivity index (χ1n) is 7.32. The van der Waals surface area contributed by atoms with Crippen LogP contribution in [0, 0.1) is 5.92 Å². The summed E-state index contributed by atoms with van der Waals surface area (Å²) in [5.74, 6) is 0.123. The summed E-state index contributed by atoms with van der Waals surface area (Å²) < 4.78 is 0. The Bertz CT molecular complexity index is 624. The molecule has 1 aromatic carbocycles. The number of nitrogens with zero attached hydrogens (tertiary/aromatic N) is 1. The minimum atomic E-state index is -0.392. The third-order valence-corrected chi connectivity index (χ3v) is 3.76. The standard InChI is InChI=1S/C16H19N3O2/c20-16(21-19-10-12-4-3-7-17-9-12)14-8-13-5-1-2-6-15(13)18-11-14/h1-2,5-6,8,11-12,17,19H,3-4,7,9-10H2. The van der Waals surface area contributed by atoms with E-state index in [1.54, 1.807) is 12.3 Å². The largest absolute Gasteiger partial charge is 0.367 e. The lowest BCUT2D eigenvalue weighted by atomic mass is 10.0. The summed E-state index contributed by atoms with van der Waals surface area (Å²) in [6, 6.07) is 9.49. The van der Waals surface area contributed by atoms with Crippen LogP contribution in [0.3, 0.4) is 0 Å². The Morgan fingerprint density at radius 1 is 1.43 bits per heavy atom. The second kappa shape index (κ2) is 6.65. The van der Waals surface area contributed by atoms with Crippen molar-refractivity contribution in [3.63, 3.8) is 0 Å². The number of hydroxylamine groups is 1. The Morgan fingerprint density at radius 3 is 3.19 bits per heavy atom. The van der Waals surface area contributed by atoms with Crippen LogP contribution >= 0.6 is 0 Å². The van der Waals surface area contributed by atoms with Crippen LogP contribution in [0.4, 0.5) is 0 Å². The summed E-state index contributed by atoms with van der Waals surface area (Å²) in [4.78, 5) is 21.4. The molecular weight excluding hydrogens is 266 g/mol. The van der Waals surface area contributed by atoms with Crippen LogP contribution in [0.2, 0.25) is 0 Å². The first-order chi connectivity index (χ1) is 10.3. The number of hydrogen-bond donors (Lipinski definition) is 2. The van der Waals surface area contributed by atoms with Gasteiger partial charge in [0.1, 0.15) is 0 Å². The summed E-state index contributed by atoms with van der Waals surface area (Å²) in [6.45, 7) is 2.74. The number of pyridine rings is 1. The summed E-state index contributed by atoms with van der Waals surface area (Å²) in [5, 5.41) is 4.27. The molecule has 1 aromatic heterocycles. The molecule has 5 nitrogen and oxygen atoms in total. The van der Waals surface area contributed by atoms with Gasteiger partial charge in [-0.3, -0.25) is 4.98 Å². The number of nitrogens with one attached hydrogen (secondary N) is 2. The van der Waals surface area contributed by atoms with Crippen LogP contribution in [-0.2, 0) is 4.84 Å². The molecule has 0 amide bonds. The maximum Gasteiger partial charge on any atom is 0.358 e. The molecule has 110 valence electrons. The minimum Gasteiger partial charge on any atom is -0.367 e. The third kappa shape index (κ3) is 3.56. The lowest BCUT2D eigenvalue weighted by Gasteiger charge is -2.22. The van der Waals surface area contributed by atoms with Gasteiger partial charge in [0.2, 0.25) is 0 Å². The van der Waals surface area contributed by atoms with Gasteiger partial charge in [0, 0.05) is 18.1 Å². The van der Waals surface area contributed by atoms with Crippen molar-refractivity contribution in [2.45, 2.75) is 12.8 Å². The topological polar surface area (TPSA) is 63.2 Å². The zero-order valence-electron chi connectivity index (χ0n) is 11.8. The van der Waals surface area contributed by atoms with E-state index in [0.29, 0.717) is 18.0 Å². The van der Waals surface area contributed by atoms with Crippen molar-refractivity contribution in [2.24, 2.45) is 5.92 Å². The molecule has 0 bridgehead atoms. The second-order valence-electron chi connectivity index (χ2n) is 5.37. The Kier molecular flexibility index (Phi) is 4.43. The second-order valence-corrected chi connectivity index (χ2v) is 5.37. The molecule has 2 N–H and O–H groups in total. The van der Waals surface area contributed by atoms with E-state index >= 15 is 0 Å². The maximum atomic E-state index is 12.0. The summed E-state index contributed by atoms with van der Waals surface area (Å²) in [7, 11) is 0. The Hall–Kier alpha value is -1.98. The van der Waals surface area contributed by atoms with Gasteiger partial charge in [-0.05, 0) is 44.0 Å². The average Bonchev–Trinajstić information content (AvgIpc) is 2.55. The van der Waals surface area contributed by atoms with Gasteiger partial charge in [-0.1, -0.05) is 18.2 Å². The van der Waals surface area contributed by atoms with E-state index in [1.165, 1.54) is 6.42 Å². The van der Waals surface area contributed by atoms with Gasteiger partial charge < -0.3 is 10.2 Å². The smallest absolute Gasteiger partial charge is 0.358 e. The van der Waals surface area contributed by atoms with Crippen molar-refractivity contribution in [3.8, 4) is 0 Å². The van der Waals surface area contributed by atoms with Crippen molar-refractivity contribution >= 4 is 16.9 Å². The van der Waals surface area contributed by atoms with Gasteiger partial charge in [0.15, 0.2) is 0 Å². The molecule has 0 spiro atoms. The van der Waals surface area contributed by atoms with Crippen molar-refractivity contribution in [1.29, 1.82) is 0 Å². The molecule has 2 aromatic rings. The van der Waals surface area contributed by atoms with Crippen molar-refractivity contribution in [3.05, 3.63) is 42.1 Å². The first kappa shape index (κ1) is 14.0. The molecule has 1 unspecified atom stereocenters. The van der Waals surface area contributed by atoms with Gasteiger partial charge in [-0.2, -0.15) is 5.48 Å². The molecule has 0 aliphatic carbocycles. The van der Waals surface area contributed by atoms with E-state index in [1.807, 2.05) is 24.3 Å². The van der Waals surface area contributed by atoms with E-state index in [4.69, 9.17) is 4.84 Å². The molecule has 2 heterocycles. The minimum absolute atomic E-state index is 0.392. The highest BCUT2D eigenvalue weighted by atomic mass is 16.7. The van der Waals surface area contributed by atoms with E-state index in [-0.39, 0.29) is 0 Å². The van der Waals surface area contributed by atoms with E-state index in [9.17, 15) is 4.79 Å². The predicted octanol–water partition coefficient (Wildman–Crippen LogP) is 1.90. The maximum absolute atomic E-state index is 12.0. The molecule has 1 saturated heterocycles. The van der Waals surface area contributed by atoms with Gasteiger partial charge in [-0.15, -0.1) is 0 Å². The fraction of sp³-hybridized carbons (Fsp3) is 0.375. The molecule has 1 aliphatic rings. The van der Waals surface area contributed by atoms with Gasteiger partial charge in [-0.25, -0.2) is 4.79 Å². The fourth-order valence-electron chi connectivity index (χ4n) is 2.56. The van der Waals surface area contributed by atoms with Crippen LogP contribution in [0.15, 0.2) is 36.5 Å².